The van der Waals surface area contributed by atoms with E-state index in [9.17, 15) is 10.1 Å². The lowest BCUT2D eigenvalue weighted by atomic mass is 10.2. The lowest BCUT2D eigenvalue weighted by molar-refractivity contribution is -0.385. The summed E-state index contributed by atoms with van der Waals surface area (Å²) in [7, 11) is 0. The monoisotopic (exact) mass is 286 g/mol. The maximum absolute atomic E-state index is 10.7. The summed E-state index contributed by atoms with van der Waals surface area (Å²) in [4.78, 5) is 16.5. The molecule has 0 fully saturated rings. The van der Waals surface area contributed by atoms with Crippen molar-refractivity contribution in [2.75, 3.05) is 0 Å². The number of pyridine rings is 1. The molecule has 0 saturated heterocycles. The third-order valence-electron chi connectivity index (χ3n) is 2.85. The second-order valence-corrected chi connectivity index (χ2v) is 5.35. The summed E-state index contributed by atoms with van der Waals surface area (Å²) in [6.07, 6.45) is 3.34. The van der Waals surface area contributed by atoms with Gasteiger partial charge in [-0.3, -0.25) is 10.1 Å². The highest BCUT2D eigenvalue weighted by Crippen LogP contribution is 2.32. The number of benzene rings is 1. The normalized spacial score (nSPS) is 10.8. The summed E-state index contributed by atoms with van der Waals surface area (Å²) in [5.74, 6) is 0. The number of rotatable bonds is 3. The molecule has 20 heavy (non-hydrogen) atoms. The Balaban J connectivity index is 1.92. The molecule has 100 valence electrons. The minimum Gasteiger partial charge on any atom is -0.258 e. The summed E-state index contributed by atoms with van der Waals surface area (Å²) < 4.78 is 1.69. The molecule has 0 aliphatic heterocycles. The van der Waals surface area contributed by atoms with Crippen LogP contribution in [0.15, 0.2) is 52.6 Å². The van der Waals surface area contributed by atoms with Gasteiger partial charge in [0.05, 0.1) is 4.92 Å². The van der Waals surface area contributed by atoms with E-state index in [2.05, 4.69) is 10.1 Å². The zero-order valence-corrected chi connectivity index (χ0v) is 11.4. The van der Waals surface area contributed by atoms with E-state index < -0.39 is 0 Å². The fourth-order valence-corrected chi connectivity index (χ4v) is 2.75. The van der Waals surface area contributed by atoms with Crippen molar-refractivity contribution in [3.63, 3.8) is 0 Å². The van der Waals surface area contributed by atoms with Crippen LogP contribution in [-0.2, 0) is 0 Å². The Bertz CT molecular complexity index is 800. The van der Waals surface area contributed by atoms with Crippen molar-refractivity contribution in [3.8, 4) is 0 Å². The van der Waals surface area contributed by atoms with E-state index in [1.54, 1.807) is 28.4 Å². The number of nitrogens with zero attached hydrogens (tertiary/aromatic N) is 4. The molecule has 0 amide bonds. The maximum Gasteiger partial charge on any atom is 0.269 e. The number of non-ortho nitro benzene ring substituents is 1. The van der Waals surface area contributed by atoms with Crippen LogP contribution in [0.5, 0.6) is 0 Å². The van der Waals surface area contributed by atoms with Gasteiger partial charge in [-0.25, -0.2) is 9.50 Å². The third kappa shape index (κ3) is 2.35. The van der Waals surface area contributed by atoms with Crippen LogP contribution in [0.25, 0.3) is 5.65 Å². The fraction of sp³-hybridized carbons (Fsp3) is 0.0769. The molecule has 0 radical (unpaired) electrons. The molecular formula is C13H10N4O2S. The van der Waals surface area contributed by atoms with Crippen molar-refractivity contribution < 1.29 is 4.92 Å². The fourth-order valence-electron chi connectivity index (χ4n) is 1.85. The molecule has 3 aromatic rings. The number of hydrogen-bond acceptors (Lipinski definition) is 5. The molecule has 0 atom stereocenters. The topological polar surface area (TPSA) is 73.3 Å². The van der Waals surface area contributed by atoms with Crippen LogP contribution in [0.3, 0.4) is 0 Å². The minimum absolute atomic E-state index is 0.111. The Morgan fingerprint density at radius 1 is 1.30 bits per heavy atom. The maximum atomic E-state index is 10.7. The lowest BCUT2D eigenvalue weighted by Gasteiger charge is -2.05. The van der Waals surface area contributed by atoms with Gasteiger partial charge >= 0.3 is 0 Å². The largest absolute Gasteiger partial charge is 0.269 e. The summed E-state index contributed by atoms with van der Waals surface area (Å²) >= 11 is 1.55. The Morgan fingerprint density at radius 3 is 2.90 bits per heavy atom. The van der Waals surface area contributed by atoms with Gasteiger partial charge in [0.25, 0.3) is 5.69 Å². The highest BCUT2D eigenvalue weighted by Gasteiger charge is 2.09. The van der Waals surface area contributed by atoms with Gasteiger partial charge in [0.15, 0.2) is 5.65 Å². The highest BCUT2D eigenvalue weighted by molar-refractivity contribution is 7.99. The summed E-state index contributed by atoms with van der Waals surface area (Å²) in [6.45, 7) is 1.87. The molecule has 2 heterocycles. The quantitative estimate of drug-likeness (QED) is 0.546. The molecule has 2 aromatic heterocycles. The van der Waals surface area contributed by atoms with Crippen LogP contribution in [-0.4, -0.2) is 19.5 Å². The average molecular weight is 286 g/mol. The standard InChI is InChI=1S/C13H10N4O2S/c1-9-6-10(17(18)19)2-3-12(9)20-11-4-5-16-13(7-11)14-8-15-16/h2-8H,1H3. The summed E-state index contributed by atoms with van der Waals surface area (Å²) in [6, 6.07) is 8.74. The molecule has 6 nitrogen and oxygen atoms in total. The van der Waals surface area contributed by atoms with Crippen LogP contribution in [0.1, 0.15) is 5.56 Å². The Labute approximate surface area is 118 Å². The van der Waals surface area contributed by atoms with Crippen molar-refractivity contribution in [3.05, 3.63) is 58.5 Å². The molecular weight excluding hydrogens is 276 g/mol. The lowest BCUT2D eigenvalue weighted by Crippen LogP contribution is -1.90. The third-order valence-corrected chi connectivity index (χ3v) is 4.02. The van der Waals surface area contributed by atoms with Crippen LogP contribution >= 0.6 is 11.8 Å². The van der Waals surface area contributed by atoms with Crippen LogP contribution in [0.2, 0.25) is 0 Å². The zero-order valence-electron chi connectivity index (χ0n) is 10.6. The Kier molecular flexibility index (Phi) is 3.11. The van der Waals surface area contributed by atoms with E-state index in [4.69, 9.17) is 0 Å². The number of hydrogen-bond donors (Lipinski definition) is 0. The molecule has 1 aromatic carbocycles. The van der Waals surface area contributed by atoms with Crippen LogP contribution < -0.4 is 0 Å². The molecule has 0 unspecified atom stereocenters. The first-order chi connectivity index (χ1) is 9.63. The molecule has 7 heteroatoms. The zero-order chi connectivity index (χ0) is 14.1. The first-order valence-corrected chi connectivity index (χ1v) is 6.67. The summed E-state index contributed by atoms with van der Waals surface area (Å²) in [5, 5.41) is 14.8. The van der Waals surface area contributed by atoms with Gasteiger partial charge in [-0.15, -0.1) is 0 Å². The number of nitro groups is 1. The van der Waals surface area contributed by atoms with Gasteiger partial charge in [0.1, 0.15) is 6.33 Å². The smallest absolute Gasteiger partial charge is 0.258 e. The van der Waals surface area contributed by atoms with Crippen molar-refractivity contribution >= 4 is 23.1 Å². The van der Waals surface area contributed by atoms with E-state index in [0.29, 0.717) is 0 Å². The molecule has 0 aliphatic carbocycles. The van der Waals surface area contributed by atoms with E-state index in [1.165, 1.54) is 12.4 Å². The first-order valence-electron chi connectivity index (χ1n) is 5.86. The number of aryl methyl sites for hydroxylation is 1. The van der Waals surface area contributed by atoms with E-state index in [-0.39, 0.29) is 10.6 Å². The molecule has 0 bridgehead atoms. The van der Waals surface area contributed by atoms with Crippen LogP contribution in [0.4, 0.5) is 5.69 Å². The predicted octanol–water partition coefficient (Wildman–Crippen LogP) is 3.10. The number of nitro benzene ring substituents is 1. The van der Waals surface area contributed by atoms with Crippen molar-refractivity contribution in [2.45, 2.75) is 16.7 Å². The average Bonchev–Trinajstić information content (AvgIpc) is 2.88. The van der Waals surface area contributed by atoms with Gasteiger partial charge in [-0.2, -0.15) is 5.10 Å². The first kappa shape index (κ1) is 12.6. The van der Waals surface area contributed by atoms with Gasteiger partial charge < -0.3 is 0 Å². The Morgan fingerprint density at radius 2 is 2.15 bits per heavy atom. The van der Waals surface area contributed by atoms with Gasteiger partial charge in [0.2, 0.25) is 0 Å². The minimum atomic E-state index is -0.385. The van der Waals surface area contributed by atoms with Gasteiger partial charge in [0, 0.05) is 28.1 Å². The highest BCUT2D eigenvalue weighted by atomic mass is 32.2. The van der Waals surface area contributed by atoms with Crippen molar-refractivity contribution in [1.29, 1.82) is 0 Å². The van der Waals surface area contributed by atoms with Crippen LogP contribution in [0, 0.1) is 17.0 Å². The number of aromatic nitrogens is 3. The summed E-state index contributed by atoms with van der Waals surface area (Å²) in [5.41, 5.74) is 1.76. The van der Waals surface area contributed by atoms with E-state index in [1.807, 2.05) is 25.3 Å². The van der Waals surface area contributed by atoms with Gasteiger partial charge in [-0.05, 0) is 30.7 Å². The number of fused-ring (bicyclic) bond motifs is 1. The molecule has 0 saturated carbocycles. The van der Waals surface area contributed by atoms with Gasteiger partial charge in [-0.1, -0.05) is 11.8 Å². The molecule has 0 N–H and O–H groups in total. The van der Waals surface area contributed by atoms with E-state index in [0.717, 1.165) is 21.0 Å². The molecule has 0 spiro atoms. The Hall–Kier alpha value is -2.41. The van der Waals surface area contributed by atoms with E-state index >= 15 is 0 Å². The SMILES string of the molecule is Cc1cc([N+](=O)[O-])ccc1Sc1ccn2ncnc2c1. The van der Waals surface area contributed by atoms with Crippen molar-refractivity contribution in [2.24, 2.45) is 0 Å². The second-order valence-electron chi connectivity index (χ2n) is 4.23. The van der Waals surface area contributed by atoms with Crippen molar-refractivity contribution in [1.82, 2.24) is 14.6 Å². The molecule has 0 aliphatic rings. The molecule has 3 rings (SSSR count). The predicted molar refractivity (Wildman–Crippen MR) is 74.9 cm³/mol. The second kappa shape index (κ2) is 4.93.